The average Bonchev–Trinajstić information content (AvgIpc) is 3.06. The van der Waals surface area contributed by atoms with Crippen LogP contribution < -0.4 is 10.2 Å². The maximum atomic E-state index is 12.6. The van der Waals surface area contributed by atoms with Crippen molar-refractivity contribution in [3.63, 3.8) is 0 Å². The first-order valence-electron chi connectivity index (χ1n) is 14.4. The zero-order valence-electron chi connectivity index (χ0n) is 23.4. The molecule has 2 saturated heterocycles. The number of rotatable bonds is 8. The van der Waals surface area contributed by atoms with E-state index in [1.165, 1.54) is 0 Å². The Kier molecular flexibility index (Phi) is 8.81. The van der Waals surface area contributed by atoms with Gasteiger partial charge in [-0.1, -0.05) is 54.6 Å². The zero-order valence-corrected chi connectivity index (χ0v) is 23.4. The Balaban J connectivity index is 1.14. The molecule has 1 amide bonds. The Morgan fingerprint density at radius 2 is 1.52 bits per heavy atom. The molecule has 2 fully saturated rings. The van der Waals surface area contributed by atoms with Crippen LogP contribution in [0.1, 0.15) is 45.9 Å². The highest BCUT2D eigenvalue weighted by atomic mass is 16.7. The topological polar surface area (TPSA) is 100 Å². The van der Waals surface area contributed by atoms with Crippen LogP contribution in [0.4, 0.5) is 11.6 Å². The van der Waals surface area contributed by atoms with Crippen LogP contribution >= 0.6 is 0 Å². The van der Waals surface area contributed by atoms with E-state index in [9.17, 15) is 9.90 Å². The number of nitrogens with one attached hydrogen (secondary N) is 1. The Bertz CT molecular complexity index is 1430. The molecular weight excluding hydrogens is 530 g/mol. The maximum absolute atomic E-state index is 12.6. The monoisotopic (exact) mass is 565 g/mol. The Morgan fingerprint density at radius 3 is 2.21 bits per heavy atom. The van der Waals surface area contributed by atoms with Crippen LogP contribution in [0.2, 0.25) is 0 Å². The Morgan fingerprint density at radius 1 is 0.833 bits per heavy atom. The third kappa shape index (κ3) is 6.83. The maximum Gasteiger partial charge on any atom is 0.255 e. The number of aliphatic hydroxyl groups excluding tert-OH is 1. The van der Waals surface area contributed by atoms with E-state index in [-0.39, 0.29) is 24.7 Å². The molecule has 0 spiro atoms. The summed E-state index contributed by atoms with van der Waals surface area (Å²) in [6.07, 6.45) is 3.54. The van der Waals surface area contributed by atoms with Crippen molar-refractivity contribution in [2.45, 2.75) is 31.5 Å². The molecule has 0 aliphatic carbocycles. The van der Waals surface area contributed by atoms with Gasteiger partial charge < -0.3 is 24.8 Å². The highest BCUT2D eigenvalue weighted by Gasteiger charge is 2.34. The third-order valence-electron chi connectivity index (χ3n) is 7.76. The lowest BCUT2D eigenvalue weighted by atomic mass is 9.99. The third-order valence-corrected chi connectivity index (χ3v) is 7.76. The highest BCUT2D eigenvalue weighted by Crippen LogP contribution is 2.38. The molecule has 0 radical (unpaired) electrons. The van der Waals surface area contributed by atoms with Crippen LogP contribution in [0.5, 0.6) is 0 Å². The lowest BCUT2D eigenvalue weighted by Gasteiger charge is -2.40. The molecule has 0 saturated carbocycles. The molecule has 3 atom stereocenters. The molecule has 9 heteroatoms. The van der Waals surface area contributed by atoms with E-state index in [0.29, 0.717) is 11.3 Å². The number of piperazine rings is 1. The number of hydrogen-bond acceptors (Lipinski definition) is 8. The molecule has 1 aromatic heterocycles. The average molecular weight is 566 g/mol. The van der Waals surface area contributed by atoms with Crippen molar-refractivity contribution in [3.05, 3.63) is 120 Å². The van der Waals surface area contributed by atoms with Crippen molar-refractivity contribution < 1.29 is 19.4 Å². The molecule has 2 N–H and O–H groups in total. The summed E-state index contributed by atoms with van der Waals surface area (Å²) < 4.78 is 13.0. The van der Waals surface area contributed by atoms with Gasteiger partial charge in [0.2, 0.25) is 5.95 Å². The van der Waals surface area contributed by atoms with Crippen molar-refractivity contribution >= 4 is 17.5 Å². The Hall–Kier alpha value is -4.15. The lowest BCUT2D eigenvalue weighted by molar-refractivity contribution is -0.253. The number of aromatic nitrogens is 2. The van der Waals surface area contributed by atoms with Crippen molar-refractivity contribution in [2.24, 2.45) is 0 Å². The summed E-state index contributed by atoms with van der Waals surface area (Å²) in [6.45, 7) is 4.31. The van der Waals surface area contributed by atoms with Gasteiger partial charge in [-0.15, -0.1) is 0 Å². The van der Waals surface area contributed by atoms with Gasteiger partial charge in [0.1, 0.15) is 0 Å². The van der Waals surface area contributed by atoms with Crippen LogP contribution in [0.3, 0.4) is 0 Å². The van der Waals surface area contributed by atoms with E-state index in [2.05, 4.69) is 25.1 Å². The largest absolute Gasteiger partial charge is 0.392 e. The number of carbonyl (C=O) groups excluding carboxylic acids is 1. The minimum absolute atomic E-state index is 0.00727. The molecule has 2 aliphatic heterocycles. The summed E-state index contributed by atoms with van der Waals surface area (Å²) in [4.78, 5) is 26.0. The summed E-state index contributed by atoms with van der Waals surface area (Å²) in [5.74, 6) is 0.619. The molecule has 9 nitrogen and oxygen atoms in total. The van der Waals surface area contributed by atoms with Crippen molar-refractivity contribution in [1.29, 1.82) is 0 Å². The number of hydrogen-bond donors (Lipinski definition) is 2. The van der Waals surface area contributed by atoms with E-state index in [1.54, 1.807) is 24.5 Å². The van der Waals surface area contributed by atoms with E-state index in [4.69, 9.17) is 9.47 Å². The second kappa shape index (κ2) is 13.2. The van der Waals surface area contributed by atoms with Crippen molar-refractivity contribution in [2.75, 3.05) is 42.9 Å². The lowest BCUT2D eigenvalue weighted by Crippen LogP contribution is -2.50. The standard InChI is InChI=1S/C33H35N5O4/c39-23-24-7-9-25(10-8-24)30-21-29(22-37-17-19-38(20-18-37)33-34-15-4-16-35-33)41-32(42-30)27-11-13-28(14-12-27)36-31(40)26-5-2-1-3-6-26/h1-16,29-30,32,39H,17-23H2,(H,36,40)/t29-,30+,32+/m1/s1. The number of benzene rings is 3. The van der Waals surface area contributed by atoms with Gasteiger partial charge in [0.05, 0.1) is 18.8 Å². The molecule has 0 unspecified atom stereocenters. The Labute approximate surface area is 245 Å². The summed E-state index contributed by atoms with van der Waals surface area (Å²) >= 11 is 0. The van der Waals surface area contributed by atoms with Gasteiger partial charge in [-0.25, -0.2) is 9.97 Å². The fraction of sp³-hybridized carbons (Fsp3) is 0.303. The minimum atomic E-state index is -0.552. The second-order valence-electron chi connectivity index (χ2n) is 10.6. The molecule has 2 aliphatic rings. The molecule has 42 heavy (non-hydrogen) atoms. The number of anilines is 2. The molecule has 216 valence electrons. The van der Waals surface area contributed by atoms with Crippen LogP contribution in [0, 0.1) is 0 Å². The normalized spacial score (nSPS) is 21.2. The van der Waals surface area contributed by atoms with Gasteiger partial charge in [-0.3, -0.25) is 9.69 Å². The summed E-state index contributed by atoms with van der Waals surface area (Å²) in [5, 5.41) is 12.4. The molecule has 3 heterocycles. The summed E-state index contributed by atoms with van der Waals surface area (Å²) in [6, 6.07) is 26.5. The molecule has 6 rings (SSSR count). The van der Waals surface area contributed by atoms with Crippen molar-refractivity contribution in [3.8, 4) is 0 Å². The number of nitrogens with zero attached hydrogens (tertiary/aromatic N) is 4. The van der Waals surface area contributed by atoms with Gasteiger partial charge in [0, 0.05) is 68.4 Å². The second-order valence-corrected chi connectivity index (χ2v) is 10.6. The smallest absolute Gasteiger partial charge is 0.255 e. The molecular formula is C33H35N5O4. The predicted molar refractivity (Wildman–Crippen MR) is 160 cm³/mol. The van der Waals surface area contributed by atoms with E-state index >= 15 is 0 Å². The van der Waals surface area contributed by atoms with E-state index < -0.39 is 6.29 Å². The quantitative estimate of drug-likeness (QED) is 0.320. The first-order valence-corrected chi connectivity index (χ1v) is 14.4. The van der Waals surface area contributed by atoms with Gasteiger partial charge >= 0.3 is 0 Å². The fourth-order valence-electron chi connectivity index (χ4n) is 5.42. The van der Waals surface area contributed by atoms with Gasteiger partial charge in [0.25, 0.3) is 5.91 Å². The number of aliphatic hydroxyl groups is 1. The SMILES string of the molecule is O=C(Nc1ccc([C@H]2O[C@@H](CN3CCN(c4ncccn4)CC3)C[C@@H](c3ccc(CO)cc3)O2)cc1)c1ccccc1. The summed E-state index contributed by atoms with van der Waals surface area (Å²) in [7, 11) is 0. The van der Waals surface area contributed by atoms with Crippen molar-refractivity contribution in [1.82, 2.24) is 14.9 Å². The summed E-state index contributed by atoms with van der Waals surface area (Å²) in [5.41, 5.74) is 4.13. The molecule has 3 aromatic carbocycles. The molecule has 4 aromatic rings. The number of amides is 1. The van der Waals surface area contributed by atoms with Gasteiger partial charge in [0.15, 0.2) is 6.29 Å². The van der Waals surface area contributed by atoms with Crippen LogP contribution in [0.25, 0.3) is 0 Å². The van der Waals surface area contributed by atoms with Crippen LogP contribution in [-0.4, -0.2) is 64.7 Å². The fourth-order valence-corrected chi connectivity index (χ4v) is 5.42. The zero-order chi connectivity index (χ0) is 28.7. The number of ether oxygens (including phenoxy) is 2. The van der Waals surface area contributed by atoms with Crippen LogP contribution in [0.15, 0.2) is 97.3 Å². The predicted octanol–water partition coefficient (Wildman–Crippen LogP) is 4.59. The molecule has 0 bridgehead atoms. The van der Waals surface area contributed by atoms with Crippen LogP contribution in [-0.2, 0) is 16.1 Å². The highest BCUT2D eigenvalue weighted by molar-refractivity contribution is 6.04. The first kappa shape index (κ1) is 28.0. The number of carbonyl (C=O) groups is 1. The van der Waals surface area contributed by atoms with Gasteiger partial charge in [-0.05, 0) is 41.5 Å². The first-order chi connectivity index (χ1) is 20.6. The van der Waals surface area contributed by atoms with E-state index in [0.717, 1.165) is 61.8 Å². The van der Waals surface area contributed by atoms with Gasteiger partial charge in [-0.2, -0.15) is 0 Å². The minimum Gasteiger partial charge on any atom is -0.392 e. The van der Waals surface area contributed by atoms with E-state index in [1.807, 2.05) is 72.8 Å².